The zero-order valence-electron chi connectivity index (χ0n) is 14.3. The molecule has 0 atom stereocenters. The van der Waals surface area contributed by atoms with Crippen molar-refractivity contribution in [3.8, 4) is 0 Å². The van der Waals surface area contributed by atoms with Crippen LogP contribution in [0.5, 0.6) is 0 Å². The number of benzene rings is 1. The van der Waals surface area contributed by atoms with E-state index in [1.165, 1.54) is 5.56 Å². The van der Waals surface area contributed by atoms with Crippen LogP contribution in [-0.4, -0.2) is 36.3 Å². The van der Waals surface area contributed by atoms with Crippen LogP contribution in [-0.2, 0) is 15.9 Å². The van der Waals surface area contributed by atoms with Gasteiger partial charge in [-0.3, -0.25) is 4.90 Å². The van der Waals surface area contributed by atoms with Gasteiger partial charge in [0.2, 0.25) is 0 Å². The van der Waals surface area contributed by atoms with Gasteiger partial charge >= 0.3 is 7.12 Å². The molecule has 1 aromatic carbocycles. The highest BCUT2D eigenvalue weighted by molar-refractivity contribution is 6.62. The first-order valence-corrected chi connectivity index (χ1v) is 7.96. The van der Waals surface area contributed by atoms with Crippen molar-refractivity contribution in [2.75, 3.05) is 13.1 Å². The van der Waals surface area contributed by atoms with Gasteiger partial charge in [-0.15, -0.1) is 0 Å². The van der Waals surface area contributed by atoms with Crippen LogP contribution < -0.4 is 5.46 Å². The number of hydrogen-bond acceptors (Lipinski definition) is 3. The number of rotatable bonds is 5. The molecule has 0 spiro atoms. The van der Waals surface area contributed by atoms with Gasteiger partial charge < -0.3 is 9.31 Å². The van der Waals surface area contributed by atoms with E-state index in [9.17, 15) is 0 Å². The highest BCUT2D eigenvalue weighted by atomic mass is 16.7. The molecule has 1 aromatic rings. The van der Waals surface area contributed by atoms with E-state index < -0.39 is 0 Å². The summed E-state index contributed by atoms with van der Waals surface area (Å²) in [6.07, 6.45) is 0. The average molecular weight is 289 g/mol. The fourth-order valence-corrected chi connectivity index (χ4v) is 2.46. The van der Waals surface area contributed by atoms with Gasteiger partial charge in [-0.2, -0.15) is 0 Å². The minimum Gasteiger partial charge on any atom is -0.399 e. The summed E-state index contributed by atoms with van der Waals surface area (Å²) in [5.74, 6) is 0. The maximum Gasteiger partial charge on any atom is 0.494 e. The second-order valence-corrected chi connectivity index (χ2v) is 6.79. The van der Waals surface area contributed by atoms with E-state index in [1.54, 1.807) is 0 Å². The summed E-state index contributed by atoms with van der Waals surface area (Å²) in [4.78, 5) is 2.41. The smallest absolute Gasteiger partial charge is 0.399 e. The Bertz CT molecular complexity index is 450. The van der Waals surface area contributed by atoms with Gasteiger partial charge in [0.25, 0.3) is 0 Å². The fraction of sp³-hybridized carbons (Fsp3) is 0.647. The lowest BCUT2D eigenvalue weighted by atomic mass is 9.79. The summed E-state index contributed by atoms with van der Waals surface area (Å²) in [7, 11) is -0.266. The first-order valence-electron chi connectivity index (χ1n) is 7.96. The Kier molecular flexibility index (Phi) is 4.81. The van der Waals surface area contributed by atoms with Crippen molar-refractivity contribution in [3.63, 3.8) is 0 Å². The Morgan fingerprint density at radius 3 is 1.81 bits per heavy atom. The van der Waals surface area contributed by atoms with E-state index in [2.05, 4.69) is 70.7 Å². The van der Waals surface area contributed by atoms with Gasteiger partial charge in [0.15, 0.2) is 0 Å². The third-order valence-corrected chi connectivity index (χ3v) is 4.81. The molecule has 0 N–H and O–H groups in total. The van der Waals surface area contributed by atoms with E-state index in [1.807, 2.05) is 0 Å². The Labute approximate surface area is 129 Å². The van der Waals surface area contributed by atoms with Crippen molar-refractivity contribution in [2.24, 2.45) is 0 Å². The maximum atomic E-state index is 6.08. The standard InChI is InChI=1S/C17H28BNO2/c1-7-19(8-2)13-14-9-11-15(12-10-14)18-20-16(3,4)17(5,6)21-18/h9-12H,7-8,13H2,1-6H3. The van der Waals surface area contributed by atoms with Crippen molar-refractivity contribution in [1.82, 2.24) is 4.90 Å². The van der Waals surface area contributed by atoms with E-state index >= 15 is 0 Å². The van der Waals surface area contributed by atoms with Gasteiger partial charge in [0, 0.05) is 6.54 Å². The topological polar surface area (TPSA) is 21.7 Å². The molecule has 1 heterocycles. The predicted octanol–water partition coefficient (Wildman–Crippen LogP) is 2.83. The van der Waals surface area contributed by atoms with Crippen LogP contribution in [0.2, 0.25) is 0 Å². The average Bonchev–Trinajstić information content (AvgIpc) is 2.65. The molecule has 0 unspecified atom stereocenters. The first kappa shape index (κ1) is 16.5. The van der Waals surface area contributed by atoms with Gasteiger partial charge in [-0.1, -0.05) is 38.1 Å². The Morgan fingerprint density at radius 1 is 0.905 bits per heavy atom. The third-order valence-electron chi connectivity index (χ3n) is 4.81. The number of nitrogens with zero attached hydrogens (tertiary/aromatic N) is 1. The Balaban J connectivity index is 2.07. The molecule has 21 heavy (non-hydrogen) atoms. The van der Waals surface area contributed by atoms with Crippen LogP contribution in [0.15, 0.2) is 24.3 Å². The highest BCUT2D eigenvalue weighted by Crippen LogP contribution is 2.36. The summed E-state index contributed by atoms with van der Waals surface area (Å²) in [5, 5.41) is 0. The minimum atomic E-state index is -0.280. The molecule has 1 aliphatic heterocycles. The summed E-state index contributed by atoms with van der Waals surface area (Å²) >= 11 is 0. The molecule has 2 rings (SSSR count). The molecule has 0 aromatic heterocycles. The van der Waals surface area contributed by atoms with Crippen molar-refractivity contribution in [3.05, 3.63) is 29.8 Å². The van der Waals surface area contributed by atoms with E-state index in [0.29, 0.717) is 0 Å². The lowest BCUT2D eigenvalue weighted by molar-refractivity contribution is 0.00578. The molecule has 0 amide bonds. The summed E-state index contributed by atoms with van der Waals surface area (Å²) in [6, 6.07) is 8.61. The Morgan fingerprint density at radius 2 is 1.38 bits per heavy atom. The zero-order chi connectivity index (χ0) is 15.7. The molecule has 0 radical (unpaired) electrons. The normalized spacial score (nSPS) is 20.2. The van der Waals surface area contributed by atoms with Gasteiger partial charge in [-0.25, -0.2) is 0 Å². The molecule has 116 valence electrons. The molecule has 3 nitrogen and oxygen atoms in total. The maximum absolute atomic E-state index is 6.08. The van der Waals surface area contributed by atoms with Crippen molar-refractivity contribution in [2.45, 2.75) is 59.3 Å². The summed E-state index contributed by atoms with van der Waals surface area (Å²) < 4.78 is 12.2. The largest absolute Gasteiger partial charge is 0.494 e. The van der Waals surface area contributed by atoms with Crippen LogP contribution in [0.1, 0.15) is 47.1 Å². The third kappa shape index (κ3) is 3.50. The lowest BCUT2D eigenvalue weighted by Crippen LogP contribution is -2.41. The second-order valence-electron chi connectivity index (χ2n) is 6.79. The summed E-state index contributed by atoms with van der Waals surface area (Å²) in [6.45, 7) is 15.9. The molecule has 0 saturated carbocycles. The number of hydrogen-bond donors (Lipinski definition) is 0. The monoisotopic (exact) mass is 289 g/mol. The van der Waals surface area contributed by atoms with Crippen LogP contribution >= 0.6 is 0 Å². The molecule has 1 saturated heterocycles. The van der Waals surface area contributed by atoms with Crippen LogP contribution in [0.4, 0.5) is 0 Å². The first-order chi connectivity index (χ1) is 9.79. The second kappa shape index (κ2) is 6.11. The van der Waals surface area contributed by atoms with E-state index in [-0.39, 0.29) is 18.3 Å². The van der Waals surface area contributed by atoms with Crippen LogP contribution in [0.3, 0.4) is 0 Å². The van der Waals surface area contributed by atoms with Gasteiger partial charge in [-0.05, 0) is 51.8 Å². The molecular weight excluding hydrogens is 261 g/mol. The van der Waals surface area contributed by atoms with E-state index in [0.717, 1.165) is 25.1 Å². The molecule has 4 heteroatoms. The molecule has 0 bridgehead atoms. The SMILES string of the molecule is CCN(CC)Cc1ccc(B2OC(C)(C)C(C)(C)O2)cc1. The van der Waals surface area contributed by atoms with E-state index in [4.69, 9.17) is 9.31 Å². The molecule has 0 aliphatic carbocycles. The lowest BCUT2D eigenvalue weighted by Gasteiger charge is -2.32. The molecular formula is C17H28BNO2. The van der Waals surface area contributed by atoms with Crippen molar-refractivity contribution < 1.29 is 9.31 Å². The van der Waals surface area contributed by atoms with Gasteiger partial charge in [0.1, 0.15) is 0 Å². The van der Waals surface area contributed by atoms with Crippen molar-refractivity contribution >= 4 is 12.6 Å². The van der Waals surface area contributed by atoms with Crippen LogP contribution in [0.25, 0.3) is 0 Å². The zero-order valence-corrected chi connectivity index (χ0v) is 14.3. The minimum absolute atomic E-state index is 0.266. The molecule has 1 aliphatic rings. The van der Waals surface area contributed by atoms with Gasteiger partial charge in [0.05, 0.1) is 11.2 Å². The van der Waals surface area contributed by atoms with Crippen molar-refractivity contribution in [1.29, 1.82) is 0 Å². The fourth-order valence-electron chi connectivity index (χ4n) is 2.46. The predicted molar refractivity (Wildman–Crippen MR) is 88.8 cm³/mol. The summed E-state index contributed by atoms with van der Waals surface area (Å²) in [5.41, 5.74) is 1.87. The highest BCUT2D eigenvalue weighted by Gasteiger charge is 2.51. The quantitative estimate of drug-likeness (QED) is 0.778. The Hall–Kier alpha value is -0.835. The molecule has 1 fully saturated rings. The van der Waals surface area contributed by atoms with Crippen LogP contribution in [0, 0.1) is 0 Å².